The smallest absolute Gasteiger partial charge is 0.0177 e. The molecule has 82 valence electrons. The van der Waals surface area contributed by atoms with Crippen LogP contribution in [0.2, 0.25) is 0 Å². The molecule has 2 heteroatoms. The summed E-state index contributed by atoms with van der Waals surface area (Å²) in [6, 6.07) is 8.95. The van der Waals surface area contributed by atoms with E-state index in [0.717, 1.165) is 6.42 Å². The van der Waals surface area contributed by atoms with Crippen molar-refractivity contribution in [1.82, 2.24) is 0 Å². The molecule has 1 nitrogen and oxygen atoms in total. The predicted octanol–water partition coefficient (Wildman–Crippen LogP) is 3.37. The van der Waals surface area contributed by atoms with Gasteiger partial charge in [-0.3, -0.25) is 0 Å². The molecule has 0 heterocycles. The Balaban J connectivity index is 1.90. The minimum Gasteiger partial charge on any atom is -0.327 e. The number of hydrogen-bond acceptors (Lipinski definition) is 1. The van der Waals surface area contributed by atoms with E-state index in [0.29, 0.717) is 17.4 Å². The Morgan fingerprint density at radius 2 is 2.07 bits per heavy atom. The van der Waals surface area contributed by atoms with Crippen molar-refractivity contribution in [3.63, 3.8) is 0 Å². The largest absolute Gasteiger partial charge is 0.327 e. The summed E-state index contributed by atoms with van der Waals surface area (Å²) in [6.07, 6.45) is 2.35. The van der Waals surface area contributed by atoms with E-state index in [1.807, 2.05) is 0 Å². The van der Waals surface area contributed by atoms with Crippen LogP contribution in [0.3, 0.4) is 0 Å². The Morgan fingerprint density at radius 1 is 1.40 bits per heavy atom. The van der Waals surface area contributed by atoms with Crippen molar-refractivity contribution >= 4 is 15.9 Å². The van der Waals surface area contributed by atoms with E-state index in [2.05, 4.69) is 54.0 Å². The Hall–Kier alpha value is -0.340. The zero-order valence-corrected chi connectivity index (χ0v) is 10.9. The van der Waals surface area contributed by atoms with Crippen molar-refractivity contribution in [1.29, 1.82) is 0 Å². The summed E-state index contributed by atoms with van der Waals surface area (Å²) in [6.45, 7) is 4.53. The van der Waals surface area contributed by atoms with Gasteiger partial charge in [0.15, 0.2) is 0 Å². The molecule has 0 radical (unpaired) electrons. The standard InChI is InChI=1S/C13H18BrN/c1-13(2)11(12(13)15)7-6-9-4-3-5-10(14)8-9/h3-5,8,11-12H,6-7,15H2,1-2H3. The number of hydrogen-bond donors (Lipinski definition) is 1. The number of rotatable bonds is 3. The molecule has 0 saturated heterocycles. The molecule has 1 aliphatic carbocycles. The average Bonchev–Trinajstić information content (AvgIpc) is 2.63. The fourth-order valence-electron chi connectivity index (χ4n) is 2.35. The maximum absolute atomic E-state index is 6.03. The van der Waals surface area contributed by atoms with Gasteiger partial charge >= 0.3 is 0 Å². The van der Waals surface area contributed by atoms with Gasteiger partial charge in [-0.05, 0) is 41.9 Å². The van der Waals surface area contributed by atoms with Crippen LogP contribution >= 0.6 is 15.9 Å². The van der Waals surface area contributed by atoms with Gasteiger partial charge in [0.05, 0.1) is 0 Å². The molecule has 1 fully saturated rings. The van der Waals surface area contributed by atoms with Crippen molar-refractivity contribution in [3.8, 4) is 0 Å². The highest BCUT2D eigenvalue weighted by molar-refractivity contribution is 9.10. The van der Waals surface area contributed by atoms with Gasteiger partial charge in [-0.2, -0.15) is 0 Å². The van der Waals surface area contributed by atoms with Gasteiger partial charge in [0.25, 0.3) is 0 Å². The molecule has 0 spiro atoms. The van der Waals surface area contributed by atoms with E-state index in [-0.39, 0.29) is 0 Å². The third-order valence-electron chi connectivity index (χ3n) is 3.77. The minimum atomic E-state index is 0.367. The lowest BCUT2D eigenvalue weighted by atomic mass is 10.0. The van der Waals surface area contributed by atoms with Crippen LogP contribution in [0.4, 0.5) is 0 Å². The van der Waals surface area contributed by atoms with Crippen LogP contribution in [-0.4, -0.2) is 6.04 Å². The van der Waals surface area contributed by atoms with Gasteiger partial charge in [0.2, 0.25) is 0 Å². The molecular weight excluding hydrogens is 250 g/mol. The van der Waals surface area contributed by atoms with E-state index in [9.17, 15) is 0 Å². The number of benzene rings is 1. The lowest BCUT2D eigenvalue weighted by molar-refractivity contribution is 0.530. The molecule has 1 saturated carbocycles. The number of nitrogens with two attached hydrogens (primary N) is 1. The fourth-order valence-corrected chi connectivity index (χ4v) is 2.80. The van der Waals surface area contributed by atoms with Crippen LogP contribution in [0.5, 0.6) is 0 Å². The fraction of sp³-hybridized carbons (Fsp3) is 0.538. The van der Waals surface area contributed by atoms with Crippen molar-refractivity contribution in [3.05, 3.63) is 34.3 Å². The van der Waals surface area contributed by atoms with Gasteiger partial charge < -0.3 is 5.73 Å². The van der Waals surface area contributed by atoms with Gasteiger partial charge in [-0.15, -0.1) is 0 Å². The highest BCUT2D eigenvalue weighted by Crippen LogP contribution is 2.52. The first-order chi connectivity index (χ1) is 7.01. The Bertz CT molecular complexity index is 359. The zero-order valence-electron chi connectivity index (χ0n) is 9.33. The highest BCUT2D eigenvalue weighted by atomic mass is 79.9. The van der Waals surface area contributed by atoms with Crippen LogP contribution in [0.15, 0.2) is 28.7 Å². The summed E-state index contributed by atoms with van der Waals surface area (Å²) in [5.41, 5.74) is 7.80. The van der Waals surface area contributed by atoms with Crippen molar-refractivity contribution in [2.24, 2.45) is 17.1 Å². The summed E-state index contributed by atoms with van der Waals surface area (Å²) in [5.74, 6) is 0.705. The second-order valence-electron chi connectivity index (χ2n) is 5.12. The quantitative estimate of drug-likeness (QED) is 0.893. The van der Waals surface area contributed by atoms with Gasteiger partial charge in [-0.25, -0.2) is 0 Å². The summed E-state index contributed by atoms with van der Waals surface area (Å²) in [7, 11) is 0. The molecular formula is C13H18BrN. The van der Waals surface area contributed by atoms with Crippen LogP contribution in [0.25, 0.3) is 0 Å². The molecule has 0 aliphatic heterocycles. The summed E-state index contributed by atoms with van der Waals surface area (Å²) < 4.78 is 1.17. The molecule has 2 unspecified atom stereocenters. The van der Waals surface area contributed by atoms with E-state index in [1.165, 1.54) is 16.5 Å². The third-order valence-corrected chi connectivity index (χ3v) is 4.27. The number of halogens is 1. The second kappa shape index (κ2) is 3.91. The van der Waals surface area contributed by atoms with E-state index in [1.54, 1.807) is 0 Å². The first kappa shape index (κ1) is 11.2. The predicted molar refractivity (Wildman–Crippen MR) is 67.7 cm³/mol. The summed E-state index contributed by atoms with van der Waals surface area (Å²) in [5, 5.41) is 0. The maximum Gasteiger partial charge on any atom is 0.0177 e. The molecule has 1 aromatic carbocycles. The van der Waals surface area contributed by atoms with Crippen molar-refractivity contribution < 1.29 is 0 Å². The lowest BCUT2D eigenvalue weighted by Gasteiger charge is -2.03. The molecule has 2 atom stereocenters. The Morgan fingerprint density at radius 3 is 2.60 bits per heavy atom. The molecule has 2 N–H and O–H groups in total. The van der Waals surface area contributed by atoms with Crippen LogP contribution in [0.1, 0.15) is 25.8 Å². The number of aryl methyl sites for hydroxylation is 1. The topological polar surface area (TPSA) is 26.0 Å². The van der Waals surface area contributed by atoms with Crippen molar-refractivity contribution in [2.75, 3.05) is 0 Å². The van der Waals surface area contributed by atoms with E-state index >= 15 is 0 Å². The van der Waals surface area contributed by atoms with E-state index < -0.39 is 0 Å². The maximum atomic E-state index is 6.03. The Labute approximate surface area is 100 Å². The minimum absolute atomic E-state index is 0.367. The molecule has 0 aromatic heterocycles. The van der Waals surface area contributed by atoms with Gasteiger partial charge in [0, 0.05) is 10.5 Å². The monoisotopic (exact) mass is 267 g/mol. The summed E-state index contributed by atoms with van der Waals surface area (Å²) >= 11 is 3.49. The van der Waals surface area contributed by atoms with Gasteiger partial charge in [0.1, 0.15) is 0 Å². The Kier molecular flexibility index (Phi) is 2.91. The van der Waals surface area contributed by atoms with Crippen LogP contribution in [-0.2, 0) is 6.42 Å². The van der Waals surface area contributed by atoms with E-state index in [4.69, 9.17) is 5.73 Å². The average molecular weight is 268 g/mol. The first-order valence-corrected chi connectivity index (χ1v) is 6.31. The SMILES string of the molecule is CC1(C)C(N)C1CCc1cccc(Br)c1. The highest BCUT2D eigenvalue weighted by Gasteiger charge is 2.54. The second-order valence-corrected chi connectivity index (χ2v) is 6.04. The first-order valence-electron chi connectivity index (χ1n) is 5.52. The molecule has 15 heavy (non-hydrogen) atoms. The lowest BCUT2D eigenvalue weighted by Crippen LogP contribution is -2.06. The third kappa shape index (κ3) is 2.26. The summed E-state index contributed by atoms with van der Waals surface area (Å²) in [4.78, 5) is 0. The van der Waals surface area contributed by atoms with Gasteiger partial charge in [-0.1, -0.05) is 41.9 Å². The zero-order chi connectivity index (χ0) is 11.1. The van der Waals surface area contributed by atoms with Crippen LogP contribution in [0, 0.1) is 11.3 Å². The molecule has 2 rings (SSSR count). The molecule has 1 aliphatic rings. The van der Waals surface area contributed by atoms with Crippen molar-refractivity contribution in [2.45, 2.75) is 32.7 Å². The molecule has 0 bridgehead atoms. The van der Waals surface area contributed by atoms with Crippen LogP contribution < -0.4 is 5.73 Å². The molecule has 1 aromatic rings. The molecule has 0 amide bonds. The normalized spacial score (nSPS) is 27.7.